The number of hydrogen-bond donors (Lipinski definition) is 2. The number of amides is 1. The highest BCUT2D eigenvalue weighted by atomic mass is 16.5. The quantitative estimate of drug-likeness (QED) is 0.884. The van der Waals surface area contributed by atoms with Gasteiger partial charge in [0.1, 0.15) is 5.75 Å². The number of carbonyl (C=O) groups excluding carboxylic acids is 1. The molecule has 0 saturated heterocycles. The fourth-order valence-corrected chi connectivity index (χ4v) is 2.10. The van der Waals surface area contributed by atoms with E-state index in [-0.39, 0.29) is 12.5 Å². The first kappa shape index (κ1) is 14.9. The lowest BCUT2D eigenvalue weighted by atomic mass is 10.3. The van der Waals surface area contributed by atoms with Crippen LogP contribution < -0.4 is 15.4 Å². The van der Waals surface area contributed by atoms with Crippen LogP contribution in [0.5, 0.6) is 5.75 Å². The Kier molecular flexibility index (Phi) is 4.47. The zero-order valence-corrected chi connectivity index (χ0v) is 12.7. The van der Waals surface area contributed by atoms with E-state index in [0.717, 1.165) is 22.8 Å². The average Bonchev–Trinajstić information content (AvgIpc) is 2.72. The van der Waals surface area contributed by atoms with Crippen molar-refractivity contribution in [2.45, 2.75) is 13.8 Å². The van der Waals surface area contributed by atoms with E-state index in [4.69, 9.17) is 4.74 Å². The van der Waals surface area contributed by atoms with E-state index in [1.165, 1.54) is 0 Å². The van der Waals surface area contributed by atoms with Gasteiger partial charge in [0, 0.05) is 7.05 Å². The Bertz CT molecular complexity index is 649. The second-order valence-electron chi connectivity index (χ2n) is 4.77. The lowest BCUT2D eigenvalue weighted by Gasteiger charge is -2.11. The Hall–Kier alpha value is -2.50. The lowest BCUT2D eigenvalue weighted by Crippen LogP contribution is -2.22. The van der Waals surface area contributed by atoms with Gasteiger partial charge in [0.15, 0.2) is 0 Å². The van der Waals surface area contributed by atoms with Gasteiger partial charge in [-0.3, -0.25) is 9.48 Å². The van der Waals surface area contributed by atoms with E-state index >= 15 is 0 Å². The topological polar surface area (TPSA) is 68.2 Å². The van der Waals surface area contributed by atoms with Crippen molar-refractivity contribution in [1.29, 1.82) is 0 Å². The highest BCUT2D eigenvalue weighted by Gasteiger charge is 2.12. The van der Waals surface area contributed by atoms with Gasteiger partial charge in [-0.15, -0.1) is 0 Å². The van der Waals surface area contributed by atoms with Crippen molar-refractivity contribution in [3.05, 3.63) is 35.7 Å². The van der Waals surface area contributed by atoms with Crippen molar-refractivity contribution in [3.8, 4) is 5.75 Å². The van der Waals surface area contributed by atoms with Gasteiger partial charge in [-0.2, -0.15) is 5.10 Å². The van der Waals surface area contributed by atoms with Crippen LogP contribution in [0.25, 0.3) is 0 Å². The molecule has 2 rings (SSSR count). The second-order valence-corrected chi connectivity index (χ2v) is 4.77. The van der Waals surface area contributed by atoms with Crippen LogP contribution in [-0.2, 0) is 11.8 Å². The van der Waals surface area contributed by atoms with Gasteiger partial charge in [-0.25, -0.2) is 0 Å². The number of ether oxygens (including phenoxy) is 1. The van der Waals surface area contributed by atoms with Crippen LogP contribution in [0.4, 0.5) is 11.4 Å². The highest BCUT2D eigenvalue weighted by Crippen LogP contribution is 2.23. The van der Waals surface area contributed by atoms with Gasteiger partial charge in [0.2, 0.25) is 5.91 Å². The number of aryl methyl sites for hydroxylation is 2. The third-order valence-corrected chi connectivity index (χ3v) is 3.32. The molecule has 0 fully saturated rings. The molecule has 21 heavy (non-hydrogen) atoms. The molecule has 0 bridgehead atoms. The summed E-state index contributed by atoms with van der Waals surface area (Å²) >= 11 is 0. The number of methoxy groups -OCH3 is 1. The van der Waals surface area contributed by atoms with Gasteiger partial charge in [-0.1, -0.05) is 12.1 Å². The summed E-state index contributed by atoms with van der Waals surface area (Å²) in [4.78, 5) is 12.0. The molecule has 0 atom stereocenters. The molecule has 0 aliphatic carbocycles. The molecule has 6 heteroatoms. The van der Waals surface area contributed by atoms with Crippen molar-refractivity contribution in [3.63, 3.8) is 0 Å². The van der Waals surface area contributed by atoms with E-state index in [2.05, 4.69) is 15.7 Å². The van der Waals surface area contributed by atoms with Crippen LogP contribution in [0.15, 0.2) is 24.3 Å². The number of hydrogen-bond acceptors (Lipinski definition) is 4. The molecule has 2 aromatic rings. The van der Waals surface area contributed by atoms with Crippen molar-refractivity contribution >= 4 is 17.3 Å². The maximum Gasteiger partial charge on any atom is 0.243 e. The van der Waals surface area contributed by atoms with E-state index < -0.39 is 0 Å². The van der Waals surface area contributed by atoms with Crippen molar-refractivity contribution in [2.24, 2.45) is 7.05 Å². The van der Waals surface area contributed by atoms with Crippen molar-refractivity contribution < 1.29 is 9.53 Å². The fourth-order valence-electron chi connectivity index (χ4n) is 2.10. The van der Waals surface area contributed by atoms with E-state index in [1.807, 2.05) is 45.2 Å². The molecule has 1 heterocycles. The minimum Gasteiger partial charge on any atom is -0.495 e. The maximum atomic E-state index is 12.0. The summed E-state index contributed by atoms with van der Waals surface area (Å²) in [5, 5.41) is 10.2. The molecule has 1 aromatic carbocycles. The molecule has 0 unspecified atom stereocenters. The minimum absolute atomic E-state index is 0.125. The predicted octanol–water partition coefficient (Wildman–Crippen LogP) is 2.10. The predicted molar refractivity (Wildman–Crippen MR) is 82.8 cm³/mol. The van der Waals surface area contributed by atoms with E-state index in [0.29, 0.717) is 5.75 Å². The highest BCUT2D eigenvalue weighted by molar-refractivity contribution is 5.94. The first-order valence-electron chi connectivity index (χ1n) is 6.70. The van der Waals surface area contributed by atoms with Crippen LogP contribution >= 0.6 is 0 Å². The molecule has 1 aromatic heterocycles. The molecule has 6 nitrogen and oxygen atoms in total. The van der Waals surface area contributed by atoms with Gasteiger partial charge in [0.05, 0.1) is 36.4 Å². The van der Waals surface area contributed by atoms with Crippen LogP contribution in [0, 0.1) is 13.8 Å². The Morgan fingerprint density at radius 3 is 2.67 bits per heavy atom. The minimum atomic E-state index is -0.125. The Morgan fingerprint density at radius 2 is 2.05 bits per heavy atom. The largest absolute Gasteiger partial charge is 0.495 e. The van der Waals surface area contributed by atoms with E-state index in [9.17, 15) is 4.79 Å². The average molecular weight is 288 g/mol. The number of rotatable bonds is 5. The molecule has 1 amide bonds. The number of nitrogens with one attached hydrogen (secondary N) is 2. The molecule has 0 aliphatic heterocycles. The van der Waals surface area contributed by atoms with Gasteiger partial charge >= 0.3 is 0 Å². The number of anilines is 2. The SMILES string of the molecule is COc1ccccc1NCC(=O)Nc1c(C)nn(C)c1C. The third-order valence-electron chi connectivity index (χ3n) is 3.32. The zero-order valence-electron chi connectivity index (χ0n) is 12.7. The summed E-state index contributed by atoms with van der Waals surface area (Å²) < 4.78 is 6.98. The van der Waals surface area contributed by atoms with Crippen LogP contribution in [0.2, 0.25) is 0 Å². The first-order valence-corrected chi connectivity index (χ1v) is 6.70. The normalized spacial score (nSPS) is 10.3. The number of para-hydroxylation sites is 2. The molecule has 0 aliphatic rings. The molecular formula is C15H20N4O2. The molecule has 0 saturated carbocycles. The van der Waals surface area contributed by atoms with Crippen molar-refractivity contribution in [1.82, 2.24) is 9.78 Å². The first-order chi connectivity index (χ1) is 10.0. The summed E-state index contributed by atoms with van der Waals surface area (Å²) in [6, 6.07) is 7.48. The molecule has 0 radical (unpaired) electrons. The van der Waals surface area contributed by atoms with Gasteiger partial charge in [0.25, 0.3) is 0 Å². The number of benzene rings is 1. The maximum absolute atomic E-state index is 12.0. The van der Waals surface area contributed by atoms with Crippen LogP contribution in [0.1, 0.15) is 11.4 Å². The summed E-state index contributed by atoms with van der Waals surface area (Å²) in [5.41, 5.74) is 3.29. The standard InChI is InChI=1S/C15H20N4O2/c1-10-15(11(2)19(3)18-10)17-14(20)9-16-12-7-5-6-8-13(12)21-4/h5-8,16H,9H2,1-4H3,(H,17,20). The molecule has 0 spiro atoms. The Morgan fingerprint density at radius 1 is 1.33 bits per heavy atom. The molecular weight excluding hydrogens is 268 g/mol. The summed E-state index contributed by atoms with van der Waals surface area (Å²) in [5.74, 6) is 0.583. The third kappa shape index (κ3) is 3.34. The summed E-state index contributed by atoms with van der Waals surface area (Å²) in [6.45, 7) is 3.95. The smallest absolute Gasteiger partial charge is 0.243 e. The number of aromatic nitrogens is 2. The summed E-state index contributed by atoms with van der Waals surface area (Å²) in [7, 11) is 3.45. The van der Waals surface area contributed by atoms with Gasteiger partial charge in [-0.05, 0) is 26.0 Å². The van der Waals surface area contributed by atoms with Gasteiger partial charge < -0.3 is 15.4 Å². The lowest BCUT2D eigenvalue weighted by molar-refractivity contribution is -0.114. The van der Waals surface area contributed by atoms with E-state index in [1.54, 1.807) is 11.8 Å². The van der Waals surface area contributed by atoms with Crippen LogP contribution in [0.3, 0.4) is 0 Å². The second kappa shape index (κ2) is 6.30. The fraction of sp³-hybridized carbons (Fsp3) is 0.333. The number of carbonyl (C=O) groups is 1. The zero-order chi connectivity index (χ0) is 15.4. The summed E-state index contributed by atoms with van der Waals surface area (Å²) in [6.07, 6.45) is 0. The Balaban J connectivity index is 1.99. The molecule has 2 N–H and O–H groups in total. The van der Waals surface area contributed by atoms with Crippen LogP contribution in [-0.4, -0.2) is 29.3 Å². The van der Waals surface area contributed by atoms with Crippen molar-refractivity contribution in [2.75, 3.05) is 24.3 Å². The monoisotopic (exact) mass is 288 g/mol. The molecule has 112 valence electrons. The Labute approximate surface area is 124 Å². The number of nitrogens with zero attached hydrogens (tertiary/aromatic N) is 2.